The van der Waals surface area contributed by atoms with E-state index in [1.54, 1.807) is 0 Å². The molecule has 0 amide bonds. The van der Waals surface area contributed by atoms with E-state index in [1.807, 2.05) is 0 Å². The summed E-state index contributed by atoms with van der Waals surface area (Å²) in [5.41, 5.74) is 0.391. The number of hydrogen-bond acceptors (Lipinski definition) is 2. The highest BCUT2D eigenvalue weighted by Crippen LogP contribution is 2.37. The average molecular weight is 314 g/mol. The molecule has 1 aromatic rings. The van der Waals surface area contributed by atoms with Crippen molar-refractivity contribution < 1.29 is 0 Å². The van der Waals surface area contributed by atoms with E-state index in [1.165, 1.54) is 25.1 Å². The zero-order valence-corrected chi connectivity index (χ0v) is 13.5. The Hall–Kier alpha value is -0.380. The predicted octanol–water partition coefficient (Wildman–Crippen LogP) is 4.12. The van der Waals surface area contributed by atoms with Gasteiger partial charge >= 0.3 is 0 Å². The van der Waals surface area contributed by atoms with Gasteiger partial charge in [0.15, 0.2) is 0 Å². The summed E-state index contributed by atoms with van der Waals surface area (Å²) in [6, 6.07) is 0.671. The van der Waals surface area contributed by atoms with Crippen molar-refractivity contribution in [2.75, 3.05) is 0 Å². The largest absolute Gasteiger partial charge is 0.311 e. The second-order valence-corrected chi connectivity index (χ2v) is 7.40. The summed E-state index contributed by atoms with van der Waals surface area (Å²) in [6.45, 7) is 9.24. The van der Waals surface area contributed by atoms with Crippen LogP contribution in [0.3, 0.4) is 0 Å². The van der Waals surface area contributed by atoms with Crippen LogP contribution in [0.15, 0.2) is 0 Å². The van der Waals surface area contributed by atoms with Gasteiger partial charge in [0.1, 0.15) is 11.6 Å². The molecule has 18 heavy (non-hydrogen) atoms. The lowest BCUT2D eigenvalue weighted by molar-refractivity contribution is 0.301. The molecule has 0 aromatic carbocycles. The topological polar surface area (TPSA) is 30.7 Å². The Morgan fingerprint density at radius 3 is 2.39 bits per heavy atom. The molecule has 0 N–H and O–H groups in total. The van der Waals surface area contributed by atoms with Gasteiger partial charge in [-0.15, -0.1) is 10.2 Å². The molecule has 2 rings (SSSR count). The first-order chi connectivity index (χ1) is 8.40. The zero-order chi connectivity index (χ0) is 13.3. The highest BCUT2D eigenvalue weighted by molar-refractivity contribution is 9.08. The van der Waals surface area contributed by atoms with Gasteiger partial charge < -0.3 is 4.57 Å². The molecule has 1 heterocycles. The van der Waals surface area contributed by atoms with Crippen LogP contribution in [-0.2, 0) is 11.8 Å². The fourth-order valence-electron chi connectivity index (χ4n) is 2.77. The van der Waals surface area contributed by atoms with Crippen LogP contribution >= 0.6 is 15.9 Å². The van der Waals surface area contributed by atoms with Crippen molar-refractivity contribution in [3.63, 3.8) is 0 Å². The number of hydrogen-bond donors (Lipinski definition) is 0. The minimum absolute atomic E-state index is 0.391. The predicted molar refractivity (Wildman–Crippen MR) is 77.9 cm³/mol. The molecule has 1 unspecified atom stereocenters. The van der Waals surface area contributed by atoms with Crippen molar-refractivity contribution in [2.45, 2.75) is 64.8 Å². The Labute approximate surface area is 118 Å². The minimum Gasteiger partial charge on any atom is -0.311 e. The van der Waals surface area contributed by atoms with E-state index < -0.39 is 0 Å². The zero-order valence-electron chi connectivity index (χ0n) is 11.9. The molecule has 102 valence electrons. The van der Waals surface area contributed by atoms with Gasteiger partial charge in [-0.05, 0) is 30.6 Å². The molecule has 1 aliphatic carbocycles. The van der Waals surface area contributed by atoms with Gasteiger partial charge in [0.25, 0.3) is 0 Å². The summed E-state index contributed by atoms with van der Waals surface area (Å²) in [4.78, 5) is 0. The van der Waals surface area contributed by atoms with Gasteiger partial charge in [-0.3, -0.25) is 0 Å². The lowest BCUT2D eigenvalue weighted by Gasteiger charge is -2.23. The lowest BCUT2D eigenvalue weighted by Crippen LogP contribution is -2.15. The summed E-state index contributed by atoms with van der Waals surface area (Å²) in [7, 11) is 0. The van der Waals surface area contributed by atoms with Crippen LogP contribution in [0, 0.1) is 11.3 Å². The van der Waals surface area contributed by atoms with Gasteiger partial charge in [-0.1, -0.05) is 43.6 Å². The Morgan fingerprint density at radius 2 is 1.89 bits per heavy atom. The highest BCUT2D eigenvalue weighted by Gasteiger charge is 2.29. The molecule has 4 heteroatoms. The molecule has 1 aromatic heterocycles. The van der Waals surface area contributed by atoms with Crippen LogP contribution in [-0.4, -0.2) is 14.8 Å². The van der Waals surface area contributed by atoms with Crippen molar-refractivity contribution in [1.29, 1.82) is 0 Å². The number of nitrogens with zero attached hydrogens (tertiary/aromatic N) is 3. The third kappa shape index (κ3) is 3.56. The van der Waals surface area contributed by atoms with E-state index in [0.29, 0.717) is 17.4 Å². The molecule has 1 aliphatic rings. The van der Waals surface area contributed by atoms with Crippen molar-refractivity contribution in [1.82, 2.24) is 14.8 Å². The summed E-state index contributed by atoms with van der Waals surface area (Å²) in [5.74, 6) is 2.94. The molecule has 1 atom stereocenters. The van der Waals surface area contributed by atoms with E-state index in [0.717, 1.165) is 17.6 Å². The van der Waals surface area contributed by atoms with E-state index in [4.69, 9.17) is 0 Å². The number of rotatable bonds is 5. The average Bonchev–Trinajstić information content (AvgIpc) is 2.98. The number of aromatic nitrogens is 3. The van der Waals surface area contributed by atoms with E-state index >= 15 is 0 Å². The van der Waals surface area contributed by atoms with Crippen molar-refractivity contribution >= 4 is 15.9 Å². The van der Waals surface area contributed by atoms with Crippen molar-refractivity contribution in [3.05, 3.63) is 11.6 Å². The van der Waals surface area contributed by atoms with Crippen molar-refractivity contribution in [3.8, 4) is 0 Å². The molecule has 0 radical (unpaired) electrons. The Bertz CT molecular complexity index is 402. The van der Waals surface area contributed by atoms with Crippen LogP contribution in [0.1, 0.15) is 64.6 Å². The van der Waals surface area contributed by atoms with Gasteiger partial charge in [-0.25, -0.2) is 0 Å². The fraction of sp³-hybridized carbons (Fsp3) is 0.857. The molecular formula is C14H24BrN3. The molecule has 0 aliphatic heterocycles. The quantitative estimate of drug-likeness (QED) is 0.765. The third-order valence-corrected chi connectivity index (χ3v) is 3.86. The molecule has 1 saturated carbocycles. The lowest BCUT2D eigenvalue weighted by atomic mass is 9.84. The molecule has 3 nitrogen and oxygen atoms in total. The SMILES string of the molecule is CC(Cc1nnc(CBr)n1C1CC1)CC(C)(C)C. The smallest absolute Gasteiger partial charge is 0.143 e. The fourth-order valence-corrected chi connectivity index (χ4v) is 3.16. The first-order valence-corrected chi connectivity index (χ1v) is 8.01. The van der Waals surface area contributed by atoms with E-state index in [-0.39, 0.29) is 0 Å². The van der Waals surface area contributed by atoms with Crippen molar-refractivity contribution in [2.24, 2.45) is 11.3 Å². The first-order valence-electron chi connectivity index (χ1n) is 6.89. The Balaban J connectivity index is 2.07. The van der Waals surface area contributed by atoms with Crippen LogP contribution in [0.4, 0.5) is 0 Å². The number of alkyl halides is 1. The number of halogens is 1. The summed E-state index contributed by atoms with van der Waals surface area (Å²) < 4.78 is 2.37. The van der Waals surface area contributed by atoms with Gasteiger partial charge in [0.05, 0.1) is 5.33 Å². The standard InChI is InChI=1S/C14H24BrN3/c1-10(8-14(2,3)4)7-12-16-17-13(9-15)18(12)11-5-6-11/h10-11H,5-9H2,1-4H3. The molecule has 0 saturated heterocycles. The molecule has 0 bridgehead atoms. The Kier molecular flexibility index (Phi) is 4.15. The Morgan fingerprint density at radius 1 is 1.28 bits per heavy atom. The highest BCUT2D eigenvalue weighted by atomic mass is 79.9. The monoisotopic (exact) mass is 313 g/mol. The maximum atomic E-state index is 4.40. The minimum atomic E-state index is 0.391. The van der Waals surface area contributed by atoms with Gasteiger partial charge in [0, 0.05) is 12.5 Å². The van der Waals surface area contributed by atoms with Gasteiger partial charge in [-0.2, -0.15) is 0 Å². The molecule has 1 fully saturated rings. The van der Waals surface area contributed by atoms with Crippen LogP contribution in [0.25, 0.3) is 0 Å². The van der Waals surface area contributed by atoms with E-state index in [2.05, 4.69) is 58.4 Å². The van der Waals surface area contributed by atoms with Gasteiger partial charge in [0.2, 0.25) is 0 Å². The maximum absolute atomic E-state index is 4.40. The summed E-state index contributed by atoms with van der Waals surface area (Å²) >= 11 is 3.51. The van der Waals surface area contributed by atoms with Crippen LogP contribution in [0.5, 0.6) is 0 Å². The maximum Gasteiger partial charge on any atom is 0.143 e. The first kappa shape index (κ1) is 14.0. The van der Waals surface area contributed by atoms with E-state index in [9.17, 15) is 0 Å². The third-order valence-electron chi connectivity index (χ3n) is 3.36. The summed E-state index contributed by atoms with van der Waals surface area (Å²) in [6.07, 6.45) is 4.86. The second kappa shape index (κ2) is 5.32. The normalized spacial score (nSPS) is 18.1. The van der Waals surface area contributed by atoms with Crippen LogP contribution in [0.2, 0.25) is 0 Å². The summed E-state index contributed by atoms with van der Waals surface area (Å²) in [5, 5.41) is 9.52. The second-order valence-electron chi connectivity index (χ2n) is 6.84. The van der Waals surface area contributed by atoms with Crippen LogP contribution < -0.4 is 0 Å². The molecule has 0 spiro atoms. The molecular weight excluding hydrogens is 290 g/mol.